The Morgan fingerprint density at radius 1 is 1.50 bits per heavy atom. The highest BCUT2D eigenvalue weighted by atomic mass is 16.5. The summed E-state index contributed by atoms with van der Waals surface area (Å²) in [4.78, 5) is 15.4. The molecule has 0 fully saturated rings. The van der Waals surface area contributed by atoms with Crippen molar-refractivity contribution in [3.8, 4) is 0 Å². The lowest BCUT2D eigenvalue weighted by atomic mass is 10.1. The molecule has 0 saturated heterocycles. The van der Waals surface area contributed by atoms with Crippen LogP contribution in [0.1, 0.15) is 36.0 Å². The lowest BCUT2D eigenvalue weighted by Gasteiger charge is -1.95. The van der Waals surface area contributed by atoms with Gasteiger partial charge < -0.3 is 8.94 Å². The van der Waals surface area contributed by atoms with E-state index in [1.54, 1.807) is 6.07 Å². The van der Waals surface area contributed by atoms with Crippen molar-refractivity contribution in [2.45, 2.75) is 19.8 Å². The average Bonchev–Trinajstić information content (AvgIpc) is 2.86. The molecule has 0 aliphatic rings. The smallest absolute Gasteiger partial charge is 0.301 e. The van der Waals surface area contributed by atoms with Crippen molar-refractivity contribution in [2.24, 2.45) is 0 Å². The van der Waals surface area contributed by atoms with Crippen LogP contribution in [0.5, 0.6) is 0 Å². The van der Waals surface area contributed by atoms with Gasteiger partial charge in [-0.3, -0.25) is 10.1 Å². The van der Waals surface area contributed by atoms with E-state index in [1.165, 1.54) is 12.5 Å². The molecule has 0 saturated carbocycles. The van der Waals surface area contributed by atoms with E-state index in [4.69, 9.17) is 8.94 Å². The van der Waals surface area contributed by atoms with Crippen LogP contribution in [-0.4, -0.2) is 16.0 Å². The zero-order chi connectivity index (χ0) is 11.5. The molecule has 0 unspecified atom stereocenters. The summed E-state index contributed by atoms with van der Waals surface area (Å²) in [5.74, 6) is 0.450. The number of amides is 1. The van der Waals surface area contributed by atoms with Gasteiger partial charge in [-0.1, -0.05) is 19.0 Å². The summed E-state index contributed by atoms with van der Waals surface area (Å²) in [6.07, 6.45) is 2.82. The van der Waals surface area contributed by atoms with Crippen molar-refractivity contribution in [1.82, 2.24) is 10.1 Å². The Balaban J connectivity index is 2.09. The molecule has 16 heavy (non-hydrogen) atoms. The van der Waals surface area contributed by atoms with Crippen LogP contribution in [0, 0.1) is 0 Å². The molecule has 84 valence electrons. The zero-order valence-corrected chi connectivity index (χ0v) is 8.93. The van der Waals surface area contributed by atoms with E-state index in [0.29, 0.717) is 5.76 Å². The summed E-state index contributed by atoms with van der Waals surface area (Å²) >= 11 is 0. The number of carbonyl (C=O) groups excluding carboxylic acids is 1. The number of carbonyl (C=O) groups is 1. The fraction of sp³-hybridized carbons (Fsp3) is 0.300. The maximum Gasteiger partial charge on any atom is 0.301 e. The first-order chi connectivity index (χ1) is 7.66. The van der Waals surface area contributed by atoms with E-state index in [-0.39, 0.29) is 17.6 Å². The van der Waals surface area contributed by atoms with E-state index < -0.39 is 5.91 Å². The van der Waals surface area contributed by atoms with Crippen LogP contribution in [-0.2, 0) is 0 Å². The second kappa shape index (κ2) is 4.18. The van der Waals surface area contributed by atoms with Crippen molar-refractivity contribution < 1.29 is 13.7 Å². The summed E-state index contributed by atoms with van der Waals surface area (Å²) in [5.41, 5.74) is 0.210. The summed E-state index contributed by atoms with van der Waals surface area (Å²) in [5, 5.41) is 6.11. The van der Waals surface area contributed by atoms with Crippen LogP contribution in [0.3, 0.4) is 0 Å². The summed E-state index contributed by atoms with van der Waals surface area (Å²) in [6, 6.07) is 1.74. The number of hydrogen-bond donors (Lipinski definition) is 1. The molecular weight excluding hydrogens is 210 g/mol. The Labute approximate surface area is 91.6 Å². The zero-order valence-electron chi connectivity index (χ0n) is 8.93. The lowest BCUT2D eigenvalue weighted by Crippen LogP contribution is -2.12. The molecule has 2 aromatic rings. The normalized spacial score (nSPS) is 10.7. The highest BCUT2D eigenvalue weighted by Crippen LogP contribution is 2.15. The number of nitrogens with one attached hydrogen (secondary N) is 1. The molecule has 0 radical (unpaired) electrons. The second-order valence-corrected chi connectivity index (χ2v) is 3.56. The van der Waals surface area contributed by atoms with Crippen LogP contribution >= 0.6 is 0 Å². The molecule has 2 aromatic heterocycles. The number of aromatic nitrogens is 2. The topological polar surface area (TPSA) is 81.2 Å². The van der Waals surface area contributed by atoms with Gasteiger partial charge in [-0.15, -0.1) is 0 Å². The first kappa shape index (κ1) is 10.4. The molecule has 2 rings (SSSR count). The number of rotatable bonds is 3. The SMILES string of the molecule is CC(C)c1cc(C(=O)Nc2ncco2)no1. The van der Waals surface area contributed by atoms with Gasteiger partial charge in [-0.25, -0.2) is 4.98 Å². The van der Waals surface area contributed by atoms with Crippen LogP contribution in [0.25, 0.3) is 0 Å². The molecule has 6 nitrogen and oxygen atoms in total. The molecule has 0 aliphatic heterocycles. The average molecular weight is 221 g/mol. The van der Waals surface area contributed by atoms with E-state index in [9.17, 15) is 4.79 Å². The summed E-state index contributed by atoms with van der Waals surface area (Å²) in [6.45, 7) is 3.91. The quantitative estimate of drug-likeness (QED) is 0.857. The van der Waals surface area contributed by atoms with Gasteiger partial charge in [-0.05, 0) is 0 Å². The fourth-order valence-corrected chi connectivity index (χ4v) is 1.11. The van der Waals surface area contributed by atoms with Crippen molar-refractivity contribution in [3.63, 3.8) is 0 Å². The largest absolute Gasteiger partial charge is 0.432 e. The van der Waals surface area contributed by atoms with Crippen molar-refractivity contribution in [3.05, 3.63) is 30.0 Å². The first-order valence-electron chi connectivity index (χ1n) is 4.84. The van der Waals surface area contributed by atoms with Gasteiger partial charge in [0.15, 0.2) is 5.69 Å². The number of oxazole rings is 1. The minimum absolute atomic E-state index is 0.138. The Morgan fingerprint density at radius 2 is 2.31 bits per heavy atom. The predicted octanol–water partition coefficient (Wildman–Crippen LogP) is 2.04. The molecule has 1 N–H and O–H groups in total. The maximum absolute atomic E-state index is 11.6. The van der Waals surface area contributed by atoms with E-state index in [1.807, 2.05) is 13.8 Å². The van der Waals surface area contributed by atoms with Gasteiger partial charge in [0.25, 0.3) is 5.91 Å². The summed E-state index contributed by atoms with van der Waals surface area (Å²) in [7, 11) is 0. The molecular formula is C10H11N3O3. The van der Waals surface area contributed by atoms with Crippen LogP contribution < -0.4 is 5.32 Å². The maximum atomic E-state index is 11.6. The van der Waals surface area contributed by atoms with E-state index >= 15 is 0 Å². The van der Waals surface area contributed by atoms with Crippen LogP contribution in [0.4, 0.5) is 6.01 Å². The van der Waals surface area contributed by atoms with Crippen molar-refractivity contribution >= 4 is 11.9 Å². The predicted molar refractivity (Wildman–Crippen MR) is 55.0 cm³/mol. The van der Waals surface area contributed by atoms with Crippen LogP contribution in [0.15, 0.2) is 27.5 Å². The molecule has 6 heteroatoms. The third-order valence-electron chi connectivity index (χ3n) is 1.98. The minimum atomic E-state index is -0.405. The second-order valence-electron chi connectivity index (χ2n) is 3.56. The molecule has 1 amide bonds. The minimum Gasteiger partial charge on any atom is -0.432 e. The molecule has 0 bridgehead atoms. The van der Waals surface area contributed by atoms with Gasteiger partial charge in [0.2, 0.25) is 0 Å². The molecule has 0 aromatic carbocycles. The van der Waals surface area contributed by atoms with Gasteiger partial charge >= 0.3 is 6.01 Å². The van der Waals surface area contributed by atoms with E-state index in [2.05, 4.69) is 15.5 Å². The van der Waals surface area contributed by atoms with E-state index in [0.717, 1.165) is 0 Å². The molecule has 2 heterocycles. The molecule has 0 aliphatic carbocycles. The van der Waals surface area contributed by atoms with Crippen molar-refractivity contribution in [1.29, 1.82) is 0 Å². The first-order valence-corrected chi connectivity index (χ1v) is 4.84. The van der Waals surface area contributed by atoms with Gasteiger partial charge in [0.05, 0.1) is 6.20 Å². The third-order valence-corrected chi connectivity index (χ3v) is 1.98. The van der Waals surface area contributed by atoms with Gasteiger partial charge in [0, 0.05) is 12.0 Å². The Hall–Kier alpha value is -2.11. The van der Waals surface area contributed by atoms with Crippen molar-refractivity contribution in [2.75, 3.05) is 5.32 Å². The van der Waals surface area contributed by atoms with Crippen LogP contribution in [0.2, 0.25) is 0 Å². The fourth-order valence-electron chi connectivity index (χ4n) is 1.11. The Kier molecular flexibility index (Phi) is 2.72. The highest BCUT2D eigenvalue weighted by molar-refractivity contribution is 6.01. The third kappa shape index (κ3) is 2.10. The number of anilines is 1. The van der Waals surface area contributed by atoms with Gasteiger partial charge in [0.1, 0.15) is 12.0 Å². The number of hydrogen-bond acceptors (Lipinski definition) is 5. The monoisotopic (exact) mass is 221 g/mol. The Morgan fingerprint density at radius 3 is 2.88 bits per heavy atom. The highest BCUT2D eigenvalue weighted by Gasteiger charge is 2.15. The molecule has 0 spiro atoms. The standard InChI is InChI=1S/C10H11N3O3/c1-6(2)8-5-7(13-16-8)9(14)12-10-11-3-4-15-10/h3-6H,1-2H3,(H,11,12,14). The Bertz CT molecular complexity index is 473. The number of nitrogens with zero attached hydrogens (tertiary/aromatic N) is 2. The van der Waals surface area contributed by atoms with Gasteiger partial charge in [-0.2, -0.15) is 0 Å². The molecule has 0 atom stereocenters. The summed E-state index contributed by atoms with van der Waals surface area (Å²) < 4.78 is 9.88. The lowest BCUT2D eigenvalue weighted by molar-refractivity contribution is 0.101.